The molecule has 0 fully saturated rings. The molecule has 0 aliphatic carbocycles. The molecule has 172 valence electrons. The molecule has 5 heteroatoms. The van der Waals surface area contributed by atoms with E-state index in [9.17, 15) is 15.0 Å². The molecule has 0 heterocycles. The first-order chi connectivity index (χ1) is 17.0. The summed E-state index contributed by atoms with van der Waals surface area (Å²) < 4.78 is 2.04. The lowest BCUT2D eigenvalue weighted by Gasteiger charge is -2.09. The zero-order chi connectivity index (χ0) is 24.5. The van der Waals surface area contributed by atoms with E-state index in [1.54, 1.807) is 12.1 Å². The molecular formula is C30H20Br2O3. The lowest BCUT2D eigenvalue weighted by Crippen LogP contribution is -1.97. The van der Waals surface area contributed by atoms with Crippen LogP contribution in [0, 0.1) is 0 Å². The number of carbonyl (C=O) groups is 1. The van der Waals surface area contributed by atoms with Crippen molar-refractivity contribution in [1.82, 2.24) is 0 Å². The number of aliphatic hydroxyl groups excluding tert-OH is 1. The second kappa shape index (κ2) is 9.78. The molecular weight excluding hydrogens is 568 g/mol. The molecule has 0 saturated heterocycles. The highest BCUT2D eigenvalue weighted by atomic mass is 79.9. The van der Waals surface area contributed by atoms with Crippen LogP contribution in [0.3, 0.4) is 0 Å². The van der Waals surface area contributed by atoms with Crippen LogP contribution in [0.15, 0.2) is 106 Å². The van der Waals surface area contributed by atoms with Gasteiger partial charge in [-0.05, 0) is 98.7 Å². The number of benzene rings is 6. The van der Waals surface area contributed by atoms with Crippen LogP contribution in [0.25, 0.3) is 43.1 Å². The standard InChI is InChI=1S/C15H9BrO2.C15H11BrO/c16-14-10-5-2-1-4-9(10)8-13-11(14)6-3-7-12(13)15(17)18;16-15-12-6-2-1-4-10(12)8-14-11(9-17)5-3-7-13(14)15/h1-8H,(H,17,18);1-8,17H,9H2. The molecule has 0 bridgehead atoms. The molecule has 0 saturated carbocycles. The maximum Gasteiger partial charge on any atom is 0.336 e. The van der Waals surface area contributed by atoms with Crippen molar-refractivity contribution < 1.29 is 15.0 Å². The van der Waals surface area contributed by atoms with E-state index < -0.39 is 5.97 Å². The Morgan fingerprint density at radius 1 is 0.600 bits per heavy atom. The van der Waals surface area contributed by atoms with Crippen LogP contribution in [0.1, 0.15) is 15.9 Å². The molecule has 0 aromatic heterocycles. The topological polar surface area (TPSA) is 57.5 Å². The summed E-state index contributed by atoms with van der Waals surface area (Å²) in [4.78, 5) is 11.2. The van der Waals surface area contributed by atoms with E-state index in [0.29, 0.717) is 5.56 Å². The maximum absolute atomic E-state index is 11.2. The number of hydrogen-bond donors (Lipinski definition) is 2. The molecule has 3 nitrogen and oxygen atoms in total. The fourth-order valence-electron chi connectivity index (χ4n) is 4.46. The summed E-state index contributed by atoms with van der Waals surface area (Å²) in [5.74, 6) is -0.900. The van der Waals surface area contributed by atoms with Crippen LogP contribution in [0.5, 0.6) is 0 Å². The highest BCUT2D eigenvalue weighted by molar-refractivity contribution is 9.11. The van der Waals surface area contributed by atoms with Crippen LogP contribution >= 0.6 is 31.9 Å². The molecule has 6 aromatic carbocycles. The highest BCUT2D eigenvalue weighted by Gasteiger charge is 2.12. The van der Waals surface area contributed by atoms with Gasteiger partial charge in [0.1, 0.15) is 0 Å². The average molecular weight is 588 g/mol. The number of hydrogen-bond acceptors (Lipinski definition) is 2. The maximum atomic E-state index is 11.2. The Hall–Kier alpha value is -3.25. The van der Waals surface area contributed by atoms with Crippen LogP contribution in [0.4, 0.5) is 0 Å². The minimum Gasteiger partial charge on any atom is -0.478 e. The largest absolute Gasteiger partial charge is 0.478 e. The summed E-state index contributed by atoms with van der Waals surface area (Å²) in [7, 11) is 0. The van der Waals surface area contributed by atoms with Crippen molar-refractivity contribution in [1.29, 1.82) is 0 Å². The Morgan fingerprint density at radius 2 is 1.09 bits per heavy atom. The van der Waals surface area contributed by atoms with Crippen molar-refractivity contribution in [3.8, 4) is 0 Å². The van der Waals surface area contributed by atoms with Crippen LogP contribution in [-0.4, -0.2) is 16.2 Å². The van der Waals surface area contributed by atoms with Crippen LogP contribution in [0.2, 0.25) is 0 Å². The van der Waals surface area contributed by atoms with Gasteiger partial charge in [-0.1, -0.05) is 78.9 Å². The second-order valence-corrected chi connectivity index (χ2v) is 9.79. The minimum atomic E-state index is -0.900. The van der Waals surface area contributed by atoms with Crippen molar-refractivity contribution in [2.75, 3.05) is 0 Å². The molecule has 0 radical (unpaired) electrons. The molecule has 6 rings (SSSR count). The third-order valence-electron chi connectivity index (χ3n) is 6.17. The summed E-state index contributed by atoms with van der Waals surface area (Å²) in [5.41, 5.74) is 1.30. The quantitative estimate of drug-likeness (QED) is 0.199. The Labute approximate surface area is 218 Å². The summed E-state index contributed by atoms with van der Waals surface area (Å²) in [6.45, 7) is 0.0715. The van der Waals surface area contributed by atoms with Gasteiger partial charge in [-0.15, -0.1) is 0 Å². The average Bonchev–Trinajstić information content (AvgIpc) is 2.89. The van der Waals surface area contributed by atoms with Crippen molar-refractivity contribution >= 4 is 80.9 Å². The van der Waals surface area contributed by atoms with Gasteiger partial charge in [0.15, 0.2) is 0 Å². The van der Waals surface area contributed by atoms with Gasteiger partial charge in [-0.2, -0.15) is 0 Å². The number of halogens is 2. The van der Waals surface area contributed by atoms with E-state index in [4.69, 9.17) is 0 Å². The zero-order valence-corrected chi connectivity index (χ0v) is 21.7. The number of fused-ring (bicyclic) bond motifs is 4. The van der Waals surface area contributed by atoms with Crippen molar-refractivity contribution in [3.63, 3.8) is 0 Å². The van der Waals surface area contributed by atoms with E-state index in [-0.39, 0.29) is 6.61 Å². The first kappa shape index (κ1) is 23.5. The number of aliphatic hydroxyl groups is 1. The molecule has 0 amide bonds. The Kier molecular flexibility index (Phi) is 6.56. The smallest absolute Gasteiger partial charge is 0.336 e. The highest BCUT2D eigenvalue weighted by Crippen LogP contribution is 2.35. The number of carboxylic acid groups (broad SMARTS) is 1. The van der Waals surface area contributed by atoms with E-state index in [1.807, 2.05) is 60.7 Å². The van der Waals surface area contributed by atoms with Gasteiger partial charge in [0, 0.05) is 8.95 Å². The van der Waals surface area contributed by atoms with Gasteiger partial charge in [-0.3, -0.25) is 0 Å². The van der Waals surface area contributed by atoms with Crippen LogP contribution < -0.4 is 0 Å². The first-order valence-electron chi connectivity index (χ1n) is 11.0. The van der Waals surface area contributed by atoms with Crippen molar-refractivity contribution in [2.45, 2.75) is 6.61 Å². The molecule has 0 spiro atoms. The van der Waals surface area contributed by atoms with Crippen molar-refractivity contribution in [2.24, 2.45) is 0 Å². The molecule has 35 heavy (non-hydrogen) atoms. The van der Waals surface area contributed by atoms with Gasteiger partial charge >= 0.3 is 5.97 Å². The Morgan fingerprint density at radius 3 is 1.66 bits per heavy atom. The lowest BCUT2D eigenvalue weighted by atomic mass is 10.00. The normalized spacial score (nSPS) is 11.1. The Bertz CT molecular complexity index is 1740. The molecule has 0 aliphatic rings. The van der Waals surface area contributed by atoms with E-state index in [2.05, 4.69) is 56.1 Å². The third kappa shape index (κ3) is 4.31. The molecule has 2 N–H and O–H groups in total. The second-order valence-electron chi connectivity index (χ2n) is 8.20. The number of rotatable bonds is 2. The summed E-state index contributed by atoms with van der Waals surface area (Å²) in [5, 5.41) is 27.1. The SMILES string of the molecule is O=C(O)c1cccc2c(Br)c3ccccc3cc12.OCc1cccc2c(Br)c3ccccc3cc12. The van der Waals surface area contributed by atoms with Crippen molar-refractivity contribution in [3.05, 3.63) is 117 Å². The lowest BCUT2D eigenvalue weighted by molar-refractivity contribution is 0.0699. The van der Waals surface area contributed by atoms with Gasteiger partial charge < -0.3 is 10.2 Å². The molecule has 6 aromatic rings. The van der Waals surface area contributed by atoms with Gasteiger partial charge in [0.25, 0.3) is 0 Å². The fourth-order valence-corrected chi connectivity index (χ4v) is 5.87. The van der Waals surface area contributed by atoms with E-state index in [0.717, 1.165) is 46.8 Å². The van der Waals surface area contributed by atoms with Gasteiger partial charge in [0.05, 0.1) is 12.2 Å². The number of aromatic carboxylic acids is 1. The van der Waals surface area contributed by atoms with E-state index >= 15 is 0 Å². The van der Waals surface area contributed by atoms with Gasteiger partial charge in [0.2, 0.25) is 0 Å². The third-order valence-corrected chi connectivity index (χ3v) is 7.88. The summed E-state index contributed by atoms with van der Waals surface area (Å²) in [6, 6.07) is 31.6. The number of carboxylic acids is 1. The summed E-state index contributed by atoms with van der Waals surface area (Å²) in [6.07, 6.45) is 0. The van der Waals surface area contributed by atoms with Gasteiger partial charge in [-0.25, -0.2) is 4.79 Å². The predicted octanol–water partition coefficient (Wildman–Crippen LogP) is 8.70. The van der Waals surface area contributed by atoms with Crippen LogP contribution in [-0.2, 0) is 6.61 Å². The first-order valence-corrected chi connectivity index (χ1v) is 12.6. The summed E-state index contributed by atoms with van der Waals surface area (Å²) >= 11 is 7.24. The zero-order valence-electron chi connectivity index (χ0n) is 18.5. The fraction of sp³-hybridized carbons (Fsp3) is 0.0333. The minimum absolute atomic E-state index is 0.0715. The Balaban J connectivity index is 0.000000145. The molecule has 0 aliphatic heterocycles. The molecule has 0 atom stereocenters. The van der Waals surface area contributed by atoms with E-state index in [1.165, 1.54) is 10.8 Å². The predicted molar refractivity (Wildman–Crippen MR) is 151 cm³/mol. The molecule has 0 unspecified atom stereocenters. The monoisotopic (exact) mass is 586 g/mol.